The lowest BCUT2D eigenvalue weighted by molar-refractivity contribution is -0.112. The number of halogens is 1. The first-order valence-electron chi connectivity index (χ1n) is 9.83. The summed E-state index contributed by atoms with van der Waals surface area (Å²) in [6.07, 6.45) is 2.59. The summed E-state index contributed by atoms with van der Waals surface area (Å²) in [6.45, 7) is 3.96. The third-order valence-corrected chi connectivity index (χ3v) is 5.81. The van der Waals surface area contributed by atoms with E-state index in [2.05, 4.69) is 0 Å². The molecule has 0 radical (unpaired) electrons. The number of aromatic hydroxyl groups is 1. The molecule has 0 saturated heterocycles. The number of fused-ring (bicyclic) bond motifs is 1. The Morgan fingerprint density at radius 3 is 2.55 bits per heavy atom. The molecule has 1 heterocycles. The van der Waals surface area contributed by atoms with Crippen molar-refractivity contribution in [3.05, 3.63) is 87.4 Å². The predicted molar refractivity (Wildman–Crippen MR) is 122 cm³/mol. The summed E-state index contributed by atoms with van der Waals surface area (Å²) in [5, 5.41) is 19.9. The van der Waals surface area contributed by atoms with E-state index < -0.39 is 11.7 Å². The first-order chi connectivity index (χ1) is 14.8. The molecule has 1 aliphatic rings. The van der Waals surface area contributed by atoms with Gasteiger partial charge in [0, 0.05) is 16.7 Å². The Morgan fingerprint density at radius 1 is 1.13 bits per heavy atom. The highest BCUT2D eigenvalue weighted by Crippen LogP contribution is 2.45. The van der Waals surface area contributed by atoms with Gasteiger partial charge in [0.25, 0.3) is 5.91 Å². The SMILES string of the molecule is CCc1cccc(Cl)c1/C=C1\C(=O)N(c2ccc(C(=O)O)c(O)c2)c2cccc(C)c21. The number of aromatic carboxylic acids is 1. The van der Waals surface area contributed by atoms with Crippen molar-refractivity contribution < 1.29 is 19.8 Å². The molecule has 6 heteroatoms. The number of rotatable bonds is 4. The topological polar surface area (TPSA) is 77.8 Å². The second kappa shape index (κ2) is 7.93. The Hall–Kier alpha value is -3.57. The van der Waals surface area contributed by atoms with Crippen LogP contribution in [-0.4, -0.2) is 22.1 Å². The molecule has 0 aliphatic carbocycles. The number of amides is 1. The minimum Gasteiger partial charge on any atom is -0.507 e. The molecule has 2 N–H and O–H groups in total. The van der Waals surface area contributed by atoms with Gasteiger partial charge in [-0.05, 0) is 60.4 Å². The van der Waals surface area contributed by atoms with Gasteiger partial charge in [0.15, 0.2) is 0 Å². The van der Waals surface area contributed by atoms with E-state index in [0.29, 0.717) is 22.0 Å². The normalized spacial score (nSPS) is 14.2. The number of carbonyl (C=O) groups is 2. The standard InChI is InChI=1S/C25H20ClNO4/c1-3-15-7-5-8-20(26)18(15)13-19-23-14(2)6-4-9-21(23)27(24(19)29)16-10-11-17(25(30)31)22(28)12-16/h4-13,28H,3H2,1-2H3,(H,30,31)/b19-13-. The number of phenols is 1. The molecule has 0 unspecified atom stereocenters. The maximum atomic E-state index is 13.6. The second-order valence-corrected chi connectivity index (χ2v) is 7.75. The quantitative estimate of drug-likeness (QED) is 0.507. The van der Waals surface area contributed by atoms with Crippen molar-refractivity contribution in [3.63, 3.8) is 0 Å². The highest BCUT2D eigenvalue weighted by Gasteiger charge is 2.35. The van der Waals surface area contributed by atoms with Crippen LogP contribution in [0.5, 0.6) is 5.75 Å². The first kappa shape index (κ1) is 20.7. The molecule has 0 bridgehead atoms. The van der Waals surface area contributed by atoms with Crippen molar-refractivity contribution in [2.75, 3.05) is 4.90 Å². The van der Waals surface area contributed by atoms with Crippen LogP contribution in [0.1, 0.15) is 39.5 Å². The lowest BCUT2D eigenvalue weighted by atomic mass is 9.97. The monoisotopic (exact) mass is 433 g/mol. The van der Waals surface area contributed by atoms with Crippen LogP contribution in [0, 0.1) is 6.92 Å². The lowest BCUT2D eigenvalue weighted by Crippen LogP contribution is -2.20. The van der Waals surface area contributed by atoms with Gasteiger partial charge < -0.3 is 10.2 Å². The lowest BCUT2D eigenvalue weighted by Gasteiger charge is -2.18. The van der Waals surface area contributed by atoms with E-state index in [1.165, 1.54) is 23.1 Å². The van der Waals surface area contributed by atoms with E-state index in [9.17, 15) is 19.8 Å². The van der Waals surface area contributed by atoms with E-state index in [1.54, 1.807) is 6.07 Å². The fraction of sp³-hybridized carbons (Fsp3) is 0.120. The number of benzene rings is 3. The van der Waals surface area contributed by atoms with Gasteiger partial charge in [0.05, 0.1) is 16.9 Å². The van der Waals surface area contributed by atoms with Crippen molar-refractivity contribution >= 4 is 46.5 Å². The van der Waals surface area contributed by atoms with E-state index in [0.717, 1.165) is 28.7 Å². The third-order valence-electron chi connectivity index (χ3n) is 5.48. The zero-order chi connectivity index (χ0) is 22.3. The fourth-order valence-electron chi connectivity index (χ4n) is 3.95. The Labute approximate surface area is 184 Å². The molecule has 3 aromatic rings. The summed E-state index contributed by atoms with van der Waals surface area (Å²) in [6, 6.07) is 15.4. The molecule has 31 heavy (non-hydrogen) atoms. The molecule has 4 rings (SSSR count). The summed E-state index contributed by atoms with van der Waals surface area (Å²) >= 11 is 6.46. The Kier molecular flexibility index (Phi) is 5.29. The average Bonchev–Trinajstić information content (AvgIpc) is 3.01. The van der Waals surface area contributed by atoms with Crippen LogP contribution in [0.25, 0.3) is 11.6 Å². The van der Waals surface area contributed by atoms with Crippen LogP contribution in [-0.2, 0) is 11.2 Å². The third kappa shape index (κ3) is 3.47. The molecule has 5 nitrogen and oxygen atoms in total. The number of anilines is 2. The molecule has 1 aliphatic heterocycles. The van der Waals surface area contributed by atoms with Crippen molar-refractivity contribution in [2.45, 2.75) is 20.3 Å². The fourth-order valence-corrected chi connectivity index (χ4v) is 4.20. The first-order valence-corrected chi connectivity index (χ1v) is 10.2. The highest BCUT2D eigenvalue weighted by atomic mass is 35.5. The van der Waals surface area contributed by atoms with E-state index >= 15 is 0 Å². The molecule has 1 amide bonds. The number of carboxylic acid groups (broad SMARTS) is 1. The number of hydrogen-bond acceptors (Lipinski definition) is 3. The molecule has 0 spiro atoms. The number of aryl methyl sites for hydroxylation is 2. The number of nitrogens with zero attached hydrogens (tertiary/aromatic N) is 1. The molecule has 156 valence electrons. The highest BCUT2D eigenvalue weighted by molar-refractivity contribution is 6.39. The summed E-state index contributed by atoms with van der Waals surface area (Å²) in [5.41, 5.74) is 4.88. The van der Waals surface area contributed by atoms with Gasteiger partial charge in [-0.1, -0.05) is 42.8 Å². The van der Waals surface area contributed by atoms with E-state index in [-0.39, 0.29) is 11.5 Å². The zero-order valence-electron chi connectivity index (χ0n) is 17.0. The van der Waals surface area contributed by atoms with Crippen LogP contribution in [0.15, 0.2) is 54.6 Å². The average molecular weight is 434 g/mol. The summed E-state index contributed by atoms with van der Waals surface area (Å²) in [4.78, 5) is 26.3. The van der Waals surface area contributed by atoms with Crippen molar-refractivity contribution in [2.24, 2.45) is 0 Å². The van der Waals surface area contributed by atoms with E-state index in [1.807, 2.05) is 50.3 Å². The van der Waals surface area contributed by atoms with Crippen LogP contribution in [0.3, 0.4) is 0 Å². The maximum absolute atomic E-state index is 13.6. The molecular weight excluding hydrogens is 414 g/mol. The number of carbonyl (C=O) groups excluding carboxylic acids is 1. The number of hydrogen-bond donors (Lipinski definition) is 2. The van der Waals surface area contributed by atoms with Gasteiger partial charge in [-0.15, -0.1) is 0 Å². The molecule has 0 saturated carbocycles. The van der Waals surface area contributed by atoms with Crippen LogP contribution in [0.2, 0.25) is 5.02 Å². The largest absolute Gasteiger partial charge is 0.507 e. The number of carboxylic acids is 1. The van der Waals surface area contributed by atoms with Gasteiger partial charge in [-0.3, -0.25) is 9.69 Å². The van der Waals surface area contributed by atoms with Gasteiger partial charge in [-0.2, -0.15) is 0 Å². The Bertz CT molecular complexity index is 1260. The van der Waals surface area contributed by atoms with Gasteiger partial charge >= 0.3 is 5.97 Å². The maximum Gasteiger partial charge on any atom is 0.339 e. The van der Waals surface area contributed by atoms with Crippen LogP contribution >= 0.6 is 11.6 Å². The summed E-state index contributed by atoms with van der Waals surface area (Å²) in [5.74, 6) is -1.91. The molecule has 0 atom stereocenters. The van der Waals surface area contributed by atoms with Crippen LogP contribution in [0.4, 0.5) is 11.4 Å². The van der Waals surface area contributed by atoms with E-state index in [4.69, 9.17) is 11.6 Å². The molecule has 0 fully saturated rings. The van der Waals surface area contributed by atoms with Gasteiger partial charge in [-0.25, -0.2) is 4.79 Å². The van der Waals surface area contributed by atoms with Gasteiger partial charge in [0.1, 0.15) is 11.3 Å². The zero-order valence-corrected chi connectivity index (χ0v) is 17.8. The molecule has 0 aromatic heterocycles. The molecular formula is C25H20ClNO4. The second-order valence-electron chi connectivity index (χ2n) is 7.34. The minimum atomic E-state index is -1.24. The van der Waals surface area contributed by atoms with Crippen molar-refractivity contribution in [1.82, 2.24) is 0 Å². The summed E-state index contributed by atoms with van der Waals surface area (Å²) < 4.78 is 0. The van der Waals surface area contributed by atoms with Crippen molar-refractivity contribution in [1.29, 1.82) is 0 Å². The smallest absolute Gasteiger partial charge is 0.339 e. The summed E-state index contributed by atoms with van der Waals surface area (Å²) in [7, 11) is 0. The predicted octanol–water partition coefficient (Wildman–Crippen LogP) is 5.83. The van der Waals surface area contributed by atoms with Crippen LogP contribution < -0.4 is 4.90 Å². The van der Waals surface area contributed by atoms with Crippen molar-refractivity contribution in [3.8, 4) is 5.75 Å². The Balaban J connectivity index is 1.92. The van der Waals surface area contributed by atoms with Gasteiger partial charge in [0.2, 0.25) is 0 Å². The minimum absolute atomic E-state index is 0.223. The Morgan fingerprint density at radius 2 is 1.87 bits per heavy atom. The molecule has 3 aromatic carbocycles.